The van der Waals surface area contributed by atoms with Crippen LogP contribution in [0.1, 0.15) is 24.2 Å². The number of hydrogen-bond acceptors (Lipinski definition) is 5. The van der Waals surface area contributed by atoms with Gasteiger partial charge in [0.25, 0.3) is 0 Å². The quantitative estimate of drug-likeness (QED) is 0.847. The second-order valence-corrected chi connectivity index (χ2v) is 3.98. The molecular weight excluding hydrogens is 288 g/mol. The van der Waals surface area contributed by atoms with E-state index in [1.807, 2.05) is 6.92 Å². The summed E-state index contributed by atoms with van der Waals surface area (Å²) in [6, 6.07) is 1.64. The molecule has 0 saturated heterocycles. The summed E-state index contributed by atoms with van der Waals surface area (Å²) in [7, 11) is 1.47. The van der Waals surface area contributed by atoms with E-state index < -0.39 is 5.97 Å². The Bertz CT molecular complexity index is 410. The zero-order valence-electron chi connectivity index (χ0n) is 10.0. The molecule has 1 aromatic heterocycles. The molecule has 0 radical (unpaired) electrons. The summed E-state index contributed by atoms with van der Waals surface area (Å²) < 4.78 is 10.7. The third kappa shape index (κ3) is 3.33. The van der Waals surface area contributed by atoms with Crippen LogP contribution < -0.4 is 10.1 Å². The van der Waals surface area contributed by atoms with Crippen molar-refractivity contribution in [2.45, 2.75) is 13.8 Å². The van der Waals surface area contributed by atoms with E-state index in [1.165, 1.54) is 7.11 Å². The fourth-order valence-corrected chi connectivity index (χ4v) is 1.73. The molecule has 0 aliphatic carbocycles. The van der Waals surface area contributed by atoms with E-state index in [0.29, 0.717) is 22.5 Å². The summed E-state index contributed by atoms with van der Waals surface area (Å²) in [6.07, 6.45) is 0. The molecule has 94 valence electrons. The number of nitrogens with zero attached hydrogens (tertiary/aromatic N) is 1. The largest absolute Gasteiger partial charge is 0.480 e. The molecule has 0 aliphatic heterocycles. The first-order chi connectivity index (χ1) is 8.13. The van der Waals surface area contributed by atoms with Crippen molar-refractivity contribution in [3.63, 3.8) is 0 Å². The average molecular weight is 303 g/mol. The first kappa shape index (κ1) is 13.8. The van der Waals surface area contributed by atoms with E-state index in [4.69, 9.17) is 9.47 Å². The third-order valence-electron chi connectivity index (χ3n) is 1.97. The Morgan fingerprint density at radius 2 is 2.24 bits per heavy atom. The first-order valence-electron chi connectivity index (χ1n) is 5.29. The second-order valence-electron chi connectivity index (χ2n) is 3.13. The zero-order valence-corrected chi connectivity index (χ0v) is 11.6. The standard InChI is InChI=1S/C11H15BrN2O3/c1-4-13-9-8(12)6-7(10(14-9)16-3)11(15)17-5-2/h6H,4-5H2,1-3H3,(H,13,14). The number of hydrogen-bond donors (Lipinski definition) is 1. The Hall–Kier alpha value is -1.30. The van der Waals surface area contributed by atoms with E-state index in [0.717, 1.165) is 6.54 Å². The predicted molar refractivity (Wildman–Crippen MR) is 68.6 cm³/mol. The van der Waals surface area contributed by atoms with Crippen molar-refractivity contribution in [2.75, 3.05) is 25.6 Å². The van der Waals surface area contributed by atoms with Crippen LogP contribution in [0.15, 0.2) is 10.5 Å². The molecule has 0 bridgehead atoms. The number of nitrogens with one attached hydrogen (secondary N) is 1. The smallest absolute Gasteiger partial charge is 0.343 e. The number of aromatic nitrogens is 1. The number of anilines is 1. The lowest BCUT2D eigenvalue weighted by atomic mass is 10.2. The van der Waals surface area contributed by atoms with Crippen molar-refractivity contribution in [3.05, 3.63) is 16.1 Å². The minimum Gasteiger partial charge on any atom is -0.480 e. The number of ether oxygens (including phenoxy) is 2. The molecule has 0 aromatic carbocycles. The topological polar surface area (TPSA) is 60.5 Å². The Morgan fingerprint density at radius 1 is 1.53 bits per heavy atom. The van der Waals surface area contributed by atoms with Crippen LogP contribution in [-0.4, -0.2) is 31.2 Å². The van der Waals surface area contributed by atoms with Crippen molar-refractivity contribution in [1.82, 2.24) is 4.98 Å². The van der Waals surface area contributed by atoms with Crippen LogP contribution in [0, 0.1) is 0 Å². The fraction of sp³-hybridized carbons (Fsp3) is 0.455. The number of methoxy groups -OCH3 is 1. The highest BCUT2D eigenvalue weighted by Gasteiger charge is 2.17. The second kappa shape index (κ2) is 6.44. The molecular formula is C11H15BrN2O3. The summed E-state index contributed by atoms with van der Waals surface area (Å²) >= 11 is 3.34. The van der Waals surface area contributed by atoms with Gasteiger partial charge in [0.2, 0.25) is 5.88 Å². The number of esters is 1. The molecule has 0 amide bonds. The van der Waals surface area contributed by atoms with E-state index >= 15 is 0 Å². The average Bonchev–Trinajstić information content (AvgIpc) is 2.31. The van der Waals surface area contributed by atoms with Crippen molar-refractivity contribution >= 4 is 27.7 Å². The van der Waals surface area contributed by atoms with Gasteiger partial charge >= 0.3 is 5.97 Å². The number of halogens is 1. The molecule has 0 spiro atoms. The maximum absolute atomic E-state index is 11.7. The highest BCUT2D eigenvalue weighted by Crippen LogP contribution is 2.27. The highest BCUT2D eigenvalue weighted by atomic mass is 79.9. The van der Waals surface area contributed by atoms with Gasteiger partial charge in [-0.25, -0.2) is 4.79 Å². The Morgan fingerprint density at radius 3 is 2.76 bits per heavy atom. The van der Waals surface area contributed by atoms with E-state index in [2.05, 4.69) is 26.2 Å². The zero-order chi connectivity index (χ0) is 12.8. The molecule has 0 fully saturated rings. The van der Waals surface area contributed by atoms with Gasteiger partial charge in [0, 0.05) is 6.54 Å². The normalized spacial score (nSPS) is 9.88. The van der Waals surface area contributed by atoms with Gasteiger partial charge in [-0.15, -0.1) is 0 Å². The SMILES string of the molecule is CCNc1nc(OC)c(C(=O)OCC)cc1Br. The first-order valence-corrected chi connectivity index (χ1v) is 6.08. The van der Waals surface area contributed by atoms with Gasteiger partial charge in [0.05, 0.1) is 18.2 Å². The van der Waals surface area contributed by atoms with Crippen molar-refractivity contribution in [3.8, 4) is 5.88 Å². The lowest BCUT2D eigenvalue weighted by molar-refractivity contribution is 0.0522. The van der Waals surface area contributed by atoms with Gasteiger partial charge in [-0.1, -0.05) is 0 Å². The third-order valence-corrected chi connectivity index (χ3v) is 2.58. The summed E-state index contributed by atoms with van der Waals surface area (Å²) in [4.78, 5) is 15.9. The van der Waals surface area contributed by atoms with Crippen LogP contribution >= 0.6 is 15.9 Å². The molecule has 5 nitrogen and oxygen atoms in total. The lowest BCUT2D eigenvalue weighted by Gasteiger charge is -2.11. The Kier molecular flexibility index (Phi) is 5.21. The van der Waals surface area contributed by atoms with Gasteiger partial charge in [-0.05, 0) is 35.8 Å². The molecule has 0 aliphatic rings. The molecule has 17 heavy (non-hydrogen) atoms. The van der Waals surface area contributed by atoms with Gasteiger partial charge in [0.15, 0.2) is 0 Å². The van der Waals surface area contributed by atoms with Gasteiger partial charge in [-0.2, -0.15) is 4.98 Å². The molecule has 1 rings (SSSR count). The number of pyridine rings is 1. The lowest BCUT2D eigenvalue weighted by Crippen LogP contribution is -2.10. The fourth-order valence-electron chi connectivity index (χ4n) is 1.27. The van der Waals surface area contributed by atoms with Gasteiger partial charge in [0.1, 0.15) is 11.4 Å². The van der Waals surface area contributed by atoms with E-state index in [9.17, 15) is 4.79 Å². The summed E-state index contributed by atoms with van der Waals surface area (Å²) in [5.74, 6) is 0.445. The van der Waals surface area contributed by atoms with Gasteiger partial charge < -0.3 is 14.8 Å². The maximum Gasteiger partial charge on any atom is 0.343 e. The molecule has 0 saturated carbocycles. The van der Waals surface area contributed by atoms with Crippen LogP contribution in [0.25, 0.3) is 0 Å². The molecule has 6 heteroatoms. The van der Waals surface area contributed by atoms with Crippen molar-refractivity contribution < 1.29 is 14.3 Å². The van der Waals surface area contributed by atoms with E-state index in [1.54, 1.807) is 13.0 Å². The maximum atomic E-state index is 11.7. The molecule has 0 atom stereocenters. The minimum atomic E-state index is -0.444. The van der Waals surface area contributed by atoms with E-state index in [-0.39, 0.29) is 5.88 Å². The molecule has 0 unspecified atom stereocenters. The van der Waals surface area contributed by atoms with Gasteiger partial charge in [-0.3, -0.25) is 0 Å². The Labute approximate surface area is 109 Å². The molecule has 1 N–H and O–H groups in total. The summed E-state index contributed by atoms with van der Waals surface area (Å²) in [5.41, 5.74) is 0.308. The van der Waals surface area contributed by atoms with Crippen LogP contribution in [0.3, 0.4) is 0 Å². The molecule has 1 heterocycles. The molecule has 1 aromatic rings. The summed E-state index contributed by atoms with van der Waals surface area (Å²) in [5, 5.41) is 3.06. The number of carbonyl (C=O) groups is 1. The van der Waals surface area contributed by atoms with Crippen molar-refractivity contribution in [2.24, 2.45) is 0 Å². The minimum absolute atomic E-state index is 0.252. The van der Waals surface area contributed by atoms with Crippen LogP contribution in [0.5, 0.6) is 5.88 Å². The Balaban J connectivity index is 3.13. The van der Waals surface area contributed by atoms with Crippen molar-refractivity contribution in [1.29, 1.82) is 0 Å². The van der Waals surface area contributed by atoms with Crippen LogP contribution in [0.4, 0.5) is 5.82 Å². The monoisotopic (exact) mass is 302 g/mol. The van der Waals surface area contributed by atoms with Crippen LogP contribution in [0.2, 0.25) is 0 Å². The van der Waals surface area contributed by atoms with Crippen LogP contribution in [-0.2, 0) is 4.74 Å². The number of carbonyl (C=O) groups excluding carboxylic acids is 1. The highest BCUT2D eigenvalue weighted by molar-refractivity contribution is 9.10. The number of rotatable bonds is 5. The summed E-state index contributed by atoms with van der Waals surface area (Å²) in [6.45, 7) is 4.75. The predicted octanol–water partition coefficient (Wildman–Crippen LogP) is 2.46.